The Balaban J connectivity index is 0.000000326. The molecule has 2 aromatic heterocycles. The number of amides is 1. The van der Waals surface area contributed by atoms with Crippen LogP contribution in [0.1, 0.15) is 23.2 Å². The van der Waals surface area contributed by atoms with Crippen LogP contribution in [0.15, 0.2) is 54.5 Å². The Labute approximate surface area is 221 Å². The fourth-order valence-corrected chi connectivity index (χ4v) is 2.98. The van der Waals surface area contributed by atoms with Crippen LogP contribution in [0.2, 0.25) is 0 Å². The largest absolute Gasteiger partial charge is 0.586 e. The zero-order valence-electron chi connectivity index (χ0n) is 20.4. The van der Waals surface area contributed by atoms with Gasteiger partial charge in [-0.05, 0) is 19.9 Å². The molecule has 0 aromatic carbocycles. The van der Waals surface area contributed by atoms with E-state index >= 15 is 0 Å². The average Bonchev–Trinajstić information content (AvgIpc) is 3.43. The quantitative estimate of drug-likeness (QED) is 0.136. The van der Waals surface area contributed by atoms with Crippen molar-refractivity contribution in [3.8, 4) is 11.5 Å². The topological polar surface area (TPSA) is 140 Å². The van der Waals surface area contributed by atoms with Crippen molar-refractivity contribution in [1.82, 2.24) is 19.3 Å². The maximum absolute atomic E-state index is 13.1. The van der Waals surface area contributed by atoms with Crippen LogP contribution in [0.4, 0.5) is 33.0 Å². The van der Waals surface area contributed by atoms with Gasteiger partial charge in [-0.1, -0.05) is 18.7 Å². The molecule has 17 heteroatoms. The van der Waals surface area contributed by atoms with E-state index in [1.54, 1.807) is 27.0 Å². The van der Waals surface area contributed by atoms with Crippen LogP contribution in [0.25, 0.3) is 0 Å². The predicted octanol–water partition coefficient (Wildman–Crippen LogP) is 5.05. The lowest BCUT2D eigenvalue weighted by Crippen LogP contribution is -2.26. The van der Waals surface area contributed by atoms with Crippen molar-refractivity contribution in [3.63, 3.8) is 0 Å². The van der Waals surface area contributed by atoms with Crippen LogP contribution < -0.4 is 20.1 Å². The second-order valence-corrected chi connectivity index (χ2v) is 7.76. The number of rotatable bonds is 7. The van der Waals surface area contributed by atoms with Crippen LogP contribution >= 0.6 is 11.5 Å². The molecule has 210 valence electrons. The molecule has 0 spiro atoms. The molecule has 0 unspecified atom stereocenters. The lowest BCUT2D eigenvalue weighted by Gasteiger charge is -2.10. The lowest BCUT2D eigenvalue weighted by atomic mass is 10.2. The molecular formula is C22H21F5N6O5S. The second-order valence-electron chi connectivity index (χ2n) is 7.01. The third kappa shape index (κ3) is 10.0. The van der Waals surface area contributed by atoms with Crippen LogP contribution in [0, 0.1) is 6.92 Å². The number of hydrogen-bond donors (Lipinski definition) is 3. The standard InChI is InChI=1S/C13H12F2N6O3S.C9H9F3O2/c1-6-5-8-7(23-13(14,15)24-8)3-4-17-11(18-6)20-10(22)9-19-12(16-2)25-21-9;1-3-4-5-8(6-13)7(2)14-9(10,11)12/h3-5H,1-2H3,(H,16,19,21)(H2,17,18,20,22);3-6H,2H2,1H3/b;4-3-,8-5-. The second kappa shape index (κ2) is 13.3. The van der Waals surface area contributed by atoms with Gasteiger partial charge in [0.1, 0.15) is 5.76 Å². The molecular weight excluding hydrogens is 555 g/mol. The number of H-pyrrole nitrogens is 1. The first-order valence-electron chi connectivity index (χ1n) is 10.5. The highest BCUT2D eigenvalue weighted by molar-refractivity contribution is 7.09. The van der Waals surface area contributed by atoms with Crippen molar-refractivity contribution < 1.29 is 45.8 Å². The van der Waals surface area contributed by atoms with Crippen molar-refractivity contribution in [2.75, 3.05) is 17.7 Å². The van der Waals surface area contributed by atoms with E-state index in [9.17, 15) is 31.5 Å². The monoisotopic (exact) mass is 576 g/mol. The highest BCUT2D eigenvalue weighted by atomic mass is 32.1. The number of allylic oxidation sites excluding steroid dienone is 4. The first kappa shape index (κ1) is 30.7. The summed E-state index contributed by atoms with van der Waals surface area (Å²) >= 11 is 1.03. The number of aromatic nitrogens is 4. The minimum Gasteiger partial charge on any atom is -0.406 e. The number of hydrogen-bond acceptors (Lipinski definition) is 10. The Morgan fingerprint density at radius 1 is 1.28 bits per heavy atom. The van der Waals surface area contributed by atoms with E-state index in [1.807, 2.05) is 0 Å². The molecule has 3 rings (SSSR count). The van der Waals surface area contributed by atoms with Crippen LogP contribution in [-0.2, 0) is 9.53 Å². The summed E-state index contributed by atoms with van der Waals surface area (Å²) in [6.45, 7) is 6.23. The number of carbonyl (C=O) groups is 2. The Morgan fingerprint density at radius 2 is 1.97 bits per heavy atom. The summed E-state index contributed by atoms with van der Waals surface area (Å²) in [7, 11) is 1.66. The van der Waals surface area contributed by atoms with E-state index < -0.39 is 24.3 Å². The number of aromatic amines is 1. The van der Waals surface area contributed by atoms with E-state index in [2.05, 4.69) is 50.7 Å². The van der Waals surface area contributed by atoms with Gasteiger partial charge in [0.25, 0.3) is 5.91 Å². The first-order chi connectivity index (χ1) is 18.3. The summed E-state index contributed by atoms with van der Waals surface area (Å²) in [6.07, 6.45) is -2.97. The molecule has 0 atom stereocenters. The maximum Gasteiger partial charge on any atom is 0.586 e. The number of halogens is 5. The minimum absolute atomic E-state index is 0.0312. The maximum atomic E-state index is 13.1. The molecule has 1 aliphatic heterocycles. The van der Waals surface area contributed by atoms with Gasteiger partial charge in [0.05, 0.1) is 5.57 Å². The van der Waals surface area contributed by atoms with E-state index in [0.29, 0.717) is 10.8 Å². The van der Waals surface area contributed by atoms with Crippen LogP contribution in [0.3, 0.4) is 0 Å². The van der Waals surface area contributed by atoms with Crippen molar-refractivity contribution >= 4 is 34.8 Å². The summed E-state index contributed by atoms with van der Waals surface area (Å²) in [5.74, 6) is -1.61. The number of aryl methyl sites for hydroxylation is 1. The smallest absolute Gasteiger partial charge is 0.406 e. The summed E-state index contributed by atoms with van der Waals surface area (Å²) in [6, 6.07) is 2.49. The van der Waals surface area contributed by atoms with Crippen LogP contribution in [-0.4, -0.2) is 51.2 Å². The predicted molar refractivity (Wildman–Crippen MR) is 130 cm³/mol. The van der Waals surface area contributed by atoms with Crippen molar-refractivity contribution in [2.24, 2.45) is 0 Å². The number of alkyl halides is 5. The van der Waals surface area contributed by atoms with Gasteiger partial charge in [-0.15, -0.1) is 22.0 Å². The Hall–Kier alpha value is -4.54. The van der Waals surface area contributed by atoms with Gasteiger partial charge in [0.2, 0.25) is 16.9 Å². The fraction of sp³-hybridized carbons (Fsp3) is 0.227. The highest BCUT2D eigenvalue weighted by Crippen LogP contribution is 2.39. The molecule has 1 aliphatic rings. The lowest BCUT2D eigenvalue weighted by molar-refractivity contribution is -0.303. The Morgan fingerprint density at radius 3 is 2.56 bits per heavy atom. The van der Waals surface area contributed by atoms with E-state index in [0.717, 1.165) is 11.5 Å². The third-order valence-corrected chi connectivity index (χ3v) is 4.76. The molecule has 0 saturated heterocycles. The Kier molecular flexibility index (Phi) is 10.5. The summed E-state index contributed by atoms with van der Waals surface area (Å²) < 4.78 is 77.4. The highest BCUT2D eigenvalue weighted by Gasteiger charge is 2.43. The average molecular weight is 577 g/mol. The van der Waals surface area contributed by atoms with Gasteiger partial charge in [-0.2, -0.15) is 9.36 Å². The molecule has 1 amide bonds. The van der Waals surface area contributed by atoms with Gasteiger partial charge in [-0.3, -0.25) is 14.9 Å². The zero-order valence-corrected chi connectivity index (χ0v) is 21.2. The molecule has 0 bridgehead atoms. The molecule has 2 aromatic rings. The van der Waals surface area contributed by atoms with E-state index in [1.165, 1.54) is 30.5 Å². The molecule has 39 heavy (non-hydrogen) atoms. The third-order valence-electron chi connectivity index (χ3n) is 4.02. The SMILES string of the molecule is C=C(OC(F)(F)F)/C(C=O)=C\C=C/C.CNc1nc(C(=O)Nc2nccc3c(cc(C)[nH]2)OC(F)(F)O3)ns1. The molecule has 0 aliphatic carbocycles. The zero-order chi connectivity index (χ0) is 29.2. The van der Waals surface area contributed by atoms with Crippen molar-refractivity contribution in [3.05, 3.63) is 66.0 Å². The first-order valence-corrected chi connectivity index (χ1v) is 11.3. The number of carbonyl (C=O) groups excluding carboxylic acids is 2. The number of anilines is 2. The molecule has 0 fully saturated rings. The summed E-state index contributed by atoms with van der Waals surface area (Å²) in [5.41, 5.74) is 0.138. The van der Waals surface area contributed by atoms with Crippen molar-refractivity contribution in [2.45, 2.75) is 26.5 Å². The van der Waals surface area contributed by atoms with Gasteiger partial charge < -0.3 is 24.5 Å². The molecule has 0 radical (unpaired) electrons. The van der Waals surface area contributed by atoms with E-state index in [-0.39, 0.29) is 35.1 Å². The molecule has 3 N–H and O–H groups in total. The van der Waals surface area contributed by atoms with E-state index in [4.69, 9.17) is 0 Å². The number of nitrogens with zero attached hydrogens (tertiary/aromatic N) is 3. The number of aldehydes is 1. The normalized spacial score (nSPS) is 13.6. The minimum atomic E-state index is -4.82. The summed E-state index contributed by atoms with van der Waals surface area (Å²) in [5, 5.41) is 5.75. The molecule has 0 saturated carbocycles. The van der Waals surface area contributed by atoms with Crippen LogP contribution in [0.5, 0.6) is 11.5 Å². The summed E-state index contributed by atoms with van der Waals surface area (Å²) in [4.78, 5) is 33.2. The van der Waals surface area contributed by atoms with Gasteiger partial charge in [0, 0.05) is 42.6 Å². The molecule has 11 nitrogen and oxygen atoms in total. The number of nitrogens with one attached hydrogen (secondary N) is 3. The number of fused-ring (bicyclic) bond motifs is 1. The Bertz CT molecular complexity index is 1320. The van der Waals surface area contributed by atoms with Gasteiger partial charge in [-0.25, -0.2) is 4.98 Å². The van der Waals surface area contributed by atoms with Crippen molar-refractivity contribution in [1.29, 1.82) is 0 Å². The van der Waals surface area contributed by atoms with Gasteiger partial charge in [0.15, 0.2) is 17.8 Å². The fourth-order valence-electron chi connectivity index (χ4n) is 2.47. The van der Waals surface area contributed by atoms with Gasteiger partial charge >= 0.3 is 12.7 Å². The molecule has 3 heterocycles. The number of ether oxygens (including phenoxy) is 3.